The molecule has 0 spiro atoms. The first-order valence-corrected chi connectivity index (χ1v) is 9.57. The Morgan fingerprint density at radius 3 is 2.56 bits per heavy atom. The van der Waals surface area contributed by atoms with E-state index in [2.05, 4.69) is 0 Å². The SMILES string of the molecule is CCOc1ccc(C2CCCN2S(=O)(=O)c2cc(F)ccc2F)cc1. The van der Waals surface area contributed by atoms with Gasteiger partial charge in [0.25, 0.3) is 0 Å². The van der Waals surface area contributed by atoms with Gasteiger partial charge in [0.1, 0.15) is 22.3 Å². The fourth-order valence-electron chi connectivity index (χ4n) is 3.11. The Kier molecular flexibility index (Phi) is 5.06. The van der Waals surface area contributed by atoms with Crippen LogP contribution < -0.4 is 4.74 Å². The van der Waals surface area contributed by atoms with Gasteiger partial charge in [-0.3, -0.25) is 0 Å². The Bertz CT molecular complexity index is 853. The van der Waals surface area contributed by atoms with Crippen molar-refractivity contribution < 1.29 is 21.9 Å². The van der Waals surface area contributed by atoms with Crippen LogP contribution in [-0.2, 0) is 10.0 Å². The van der Waals surface area contributed by atoms with Gasteiger partial charge in [-0.05, 0) is 55.7 Å². The van der Waals surface area contributed by atoms with Crippen LogP contribution >= 0.6 is 0 Å². The van der Waals surface area contributed by atoms with E-state index < -0.39 is 32.6 Å². The Labute approximate surface area is 146 Å². The third kappa shape index (κ3) is 3.52. The standard InChI is InChI=1S/C18H19F2NO3S/c1-2-24-15-8-5-13(6-9-15)17-4-3-11-21(17)25(22,23)18-12-14(19)7-10-16(18)20/h5-10,12,17H,2-4,11H2,1H3. The minimum Gasteiger partial charge on any atom is -0.494 e. The Morgan fingerprint density at radius 1 is 1.16 bits per heavy atom. The van der Waals surface area contributed by atoms with Gasteiger partial charge in [0.15, 0.2) is 0 Å². The van der Waals surface area contributed by atoms with Crippen molar-refractivity contribution in [3.05, 3.63) is 59.7 Å². The number of halogens is 2. The van der Waals surface area contributed by atoms with Gasteiger partial charge in [-0.2, -0.15) is 4.31 Å². The third-order valence-electron chi connectivity index (χ3n) is 4.26. The highest BCUT2D eigenvalue weighted by Gasteiger charge is 2.37. The summed E-state index contributed by atoms with van der Waals surface area (Å²) in [4.78, 5) is -0.620. The Morgan fingerprint density at radius 2 is 1.88 bits per heavy atom. The molecule has 1 heterocycles. The van der Waals surface area contributed by atoms with Gasteiger partial charge in [0.2, 0.25) is 10.0 Å². The maximum atomic E-state index is 14.0. The van der Waals surface area contributed by atoms with Crippen molar-refractivity contribution in [2.24, 2.45) is 0 Å². The topological polar surface area (TPSA) is 46.6 Å². The number of hydrogen-bond acceptors (Lipinski definition) is 3. The van der Waals surface area contributed by atoms with E-state index in [9.17, 15) is 17.2 Å². The maximum Gasteiger partial charge on any atom is 0.246 e. The summed E-state index contributed by atoms with van der Waals surface area (Å²) in [6.45, 7) is 2.70. The van der Waals surface area contributed by atoms with Crippen LogP contribution in [0.15, 0.2) is 47.4 Å². The monoisotopic (exact) mass is 367 g/mol. The van der Waals surface area contributed by atoms with Crippen molar-refractivity contribution in [2.75, 3.05) is 13.2 Å². The molecule has 4 nitrogen and oxygen atoms in total. The summed E-state index contributed by atoms with van der Waals surface area (Å²) in [5.41, 5.74) is 0.807. The third-order valence-corrected chi connectivity index (χ3v) is 6.18. The molecule has 3 rings (SSSR count). The van der Waals surface area contributed by atoms with E-state index in [-0.39, 0.29) is 6.54 Å². The molecule has 0 saturated carbocycles. The number of rotatable bonds is 5. The average molecular weight is 367 g/mol. The largest absolute Gasteiger partial charge is 0.494 e. The lowest BCUT2D eigenvalue weighted by molar-refractivity contribution is 0.339. The zero-order valence-corrected chi connectivity index (χ0v) is 14.6. The molecule has 25 heavy (non-hydrogen) atoms. The summed E-state index contributed by atoms with van der Waals surface area (Å²) in [5.74, 6) is -1.02. The van der Waals surface area contributed by atoms with Gasteiger partial charge in [0, 0.05) is 6.54 Å². The number of hydrogen-bond donors (Lipinski definition) is 0. The van der Waals surface area contributed by atoms with Crippen LogP contribution in [0.1, 0.15) is 31.4 Å². The molecular formula is C18H19F2NO3S. The molecule has 0 aromatic heterocycles. The Balaban J connectivity index is 1.94. The van der Waals surface area contributed by atoms with Crippen molar-refractivity contribution in [2.45, 2.75) is 30.7 Å². The van der Waals surface area contributed by atoms with E-state index in [4.69, 9.17) is 4.74 Å². The molecular weight excluding hydrogens is 348 g/mol. The molecule has 0 bridgehead atoms. The molecule has 1 saturated heterocycles. The van der Waals surface area contributed by atoms with Crippen LogP contribution in [0.5, 0.6) is 5.75 Å². The summed E-state index contributed by atoms with van der Waals surface area (Å²) < 4.78 is 59.8. The molecule has 1 unspecified atom stereocenters. The van der Waals surface area contributed by atoms with Gasteiger partial charge >= 0.3 is 0 Å². The molecule has 0 N–H and O–H groups in total. The summed E-state index contributed by atoms with van der Waals surface area (Å²) in [6.07, 6.45) is 1.29. The molecule has 1 fully saturated rings. The van der Waals surface area contributed by atoms with Crippen LogP contribution in [0.3, 0.4) is 0 Å². The molecule has 2 aromatic rings. The van der Waals surface area contributed by atoms with Crippen molar-refractivity contribution in [1.82, 2.24) is 4.31 Å². The lowest BCUT2D eigenvalue weighted by atomic mass is 10.1. The van der Waals surface area contributed by atoms with Crippen molar-refractivity contribution in [1.29, 1.82) is 0 Å². The number of sulfonamides is 1. The lowest BCUT2D eigenvalue weighted by Gasteiger charge is -2.25. The first kappa shape index (κ1) is 17.8. The second-order valence-electron chi connectivity index (χ2n) is 5.85. The van der Waals surface area contributed by atoms with E-state index >= 15 is 0 Å². The van der Waals surface area contributed by atoms with Crippen molar-refractivity contribution >= 4 is 10.0 Å². The van der Waals surface area contributed by atoms with Crippen LogP contribution in [0.4, 0.5) is 8.78 Å². The van der Waals surface area contributed by atoms with E-state index in [0.29, 0.717) is 25.2 Å². The van der Waals surface area contributed by atoms with Gasteiger partial charge in [-0.25, -0.2) is 17.2 Å². The van der Waals surface area contributed by atoms with E-state index in [1.54, 1.807) is 12.1 Å². The van der Waals surface area contributed by atoms with Crippen LogP contribution in [0.25, 0.3) is 0 Å². The van der Waals surface area contributed by atoms with Crippen LogP contribution in [0.2, 0.25) is 0 Å². The van der Waals surface area contributed by atoms with E-state index in [1.165, 1.54) is 4.31 Å². The van der Waals surface area contributed by atoms with Crippen LogP contribution in [-0.4, -0.2) is 25.9 Å². The van der Waals surface area contributed by atoms with Gasteiger partial charge < -0.3 is 4.74 Å². The first-order valence-electron chi connectivity index (χ1n) is 8.13. The van der Waals surface area contributed by atoms with E-state index in [1.807, 2.05) is 19.1 Å². The minimum absolute atomic E-state index is 0.274. The zero-order valence-electron chi connectivity index (χ0n) is 13.8. The quantitative estimate of drug-likeness (QED) is 0.805. The molecule has 1 aliphatic heterocycles. The normalized spacial score (nSPS) is 18.4. The van der Waals surface area contributed by atoms with Gasteiger partial charge in [-0.15, -0.1) is 0 Å². The average Bonchev–Trinajstić information content (AvgIpc) is 3.08. The van der Waals surface area contributed by atoms with Crippen LogP contribution in [0, 0.1) is 11.6 Å². The molecule has 1 aliphatic rings. The smallest absolute Gasteiger partial charge is 0.246 e. The van der Waals surface area contributed by atoms with Crippen molar-refractivity contribution in [3.8, 4) is 5.75 Å². The van der Waals surface area contributed by atoms with Crippen molar-refractivity contribution in [3.63, 3.8) is 0 Å². The molecule has 0 aliphatic carbocycles. The second-order valence-corrected chi connectivity index (χ2v) is 7.71. The highest BCUT2D eigenvalue weighted by atomic mass is 32.2. The minimum atomic E-state index is -4.12. The Hall–Kier alpha value is -1.99. The maximum absolute atomic E-state index is 14.0. The number of benzene rings is 2. The number of nitrogens with zero attached hydrogens (tertiary/aromatic N) is 1. The van der Waals surface area contributed by atoms with Gasteiger partial charge in [-0.1, -0.05) is 12.1 Å². The second kappa shape index (κ2) is 7.09. The first-order chi connectivity index (χ1) is 11.9. The van der Waals surface area contributed by atoms with Gasteiger partial charge in [0.05, 0.1) is 12.6 Å². The summed E-state index contributed by atoms with van der Waals surface area (Å²) in [5, 5.41) is 0. The predicted molar refractivity (Wildman–Crippen MR) is 89.8 cm³/mol. The fourth-order valence-corrected chi connectivity index (χ4v) is 4.88. The molecule has 7 heteroatoms. The fraction of sp³-hybridized carbons (Fsp3) is 0.333. The highest BCUT2D eigenvalue weighted by Crippen LogP contribution is 2.37. The molecule has 2 aromatic carbocycles. The molecule has 0 amide bonds. The number of ether oxygens (including phenoxy) is 1. The lowest BCUT2D eigenvalue weighted by Crippen LogP contribution is -2.31. The summed E-state index contributed by atoms with van der Waals surface area (Å²) in [7, 11) is -4.12. The molecule has 134 valence electrons. The zero-order chi connectivity index (χ0) is 18.0. The molecule has 0 radical (unpaired) electrons. The molecule has 1 atom stereocenters. The highest BCUT2D eigenvalue weighted by molar-refractivity contribution is 7.89. The summed E-state index contributed by atoms with van der Waals surface area (Å²) >= 11 is 0. The predicted octanol–water partition coefficient (Wildman–Crippen LogP) is 3.89. The van der Waals surface area contributed by atoms with E-state index in [0.717, 1.165) is 23.8 Å². The summed E-state index contributed by atoms with van der Waals surface area (Å²) in [6, 6.07) is 9.26.